The lowest BCUT2D eigenvalue weighted by molar-refractivity contribution is -0.145. The minimum Gasteiger partial charge on any atom is -0.466 e. The third kappa shape index (κ3) is 5.01. The summed E-state index contributed by atoms with van der Waals surface area (Å²) in [6.07, 6.45) is 0.243. The summed E-state index contributed by atoms with van der Waals surface area (Å²) in [5.41, 5.74) is 1.23. The van der Waals surface area contributed by atoms with Crippen LogP contribution < -0.4 is 0 Å². The summed E-state index contributed by atoms with van der Waals surface area (Å²) < 4.78 is 47.0. The molecule has 0 amide bonds. The van der Waals surface area contributed by atoms with Gasteiger partial charge in [-0.05, 0) is 48.9 Å². The summed E-state index contributed by atoms with van der Waals surface area (Å²) in [6.45, 7) is 3.82. The van der Waals surface area contributed by atoms with Crippen molar-refractivity contribution in [1.82, 2.24) is 0 Å². The van der Waals surface area contributed by atoms with Crippen LogP contribution in [0.1, 0.15) is 61.6 Å². The van der Waals surface area contributed by atoms with Gasteiger partial charge < -0.3 is 4.74 Å². The van der Waals surface area contributed by atoms with Gasteiger partial charge in [0.25, 0.3) is 0 Å². The summed E-state index contributed by atoms with van der Waals surface area (Å²) in [5.74, 6) is -0.798. The first-order chi connectivity index (χ1) is 13.8. The van der Waals surface area contributed by atoms with Crippen molar-refractivity contribution in [2.45, 2.75) is 58.0 Å². The number of aryl methyl sites for hydroxylation is 1. The van der Waals surface area contributed by atoms with Crippen molar-refractivity contribution in [2.75, 3.05) is 6.61 Å². The minimum absolute atomic E-state index is 0.0936. The van der Waals surface area contributed by atoms with Gasteiger partial charge in [0.15, 0.2) is 0 Å². The smallest absolute Gasteiger partial charge is 0.417 e. The maximum Gasteiger partial charge on any atom is 0.417 e. The summed E-state index contributed by atoms with van der Waals surface area (Å²) >= 11 is 0. The molecule has 0 spiro atoms. The molecule has 2 nitrogen and oxygen atoms in total. The topological polar surface area (TPSA) is 26.3 Å². The van der Waals surface area contributed by atoms with E-state index in [1.165, 1.54) is 6.07 Å². The van der Waals surface area contributed by atoms with Gasteiger partial charge in [-0.1, -0.05) is 67.6 Å². The van der Waals surface area contributed by atoms with E-state index in [1.807, 2.05) is 6.92 Å². The van der Waals surface area contributed by atoms with E-state index in [4.69, 9.17) is 4.74 Å². The second-order valence-corrected chi connectivity index (χ2v) is 7.82. The van der Waals surface area contributed by atoms with Crippen molar-refractivity contribution in [1.29, 1.82) is 0 Å². The summed E-state index contributed by atoms with van der Waals surface area (Å²) in [7, 11) is 0. The monoisotopic (exact) mass is 404 g/mol. The highest BCUT2D eigenvalue weighted by Gasteiger charge is 2.37. The molecule has 1 aliphatic carbocycles. The van der Waals surface area contributed by atoms with E-state index in [0.29, 0.717) is 23.5 Å². The molecule has 1 fully saturated rings. The van der Waals surface area contributed by atoms with Gasteiger partial charge in [0.2, 0.25) is 0 Å². The third-order valence-corrected chi connectivity index (χ3v) is 5.73. The van der Waals surface area contributed by atoms with Gasteiger partial charge in [0, 0.05) is 0 Å². The first-order valence-electron chi connectivity index (χ1n) is 10.2. The van der Waals surface area contributed by atoms with Crippen molar-refractivity contribution >= 4 is 5.97 Å². The lowest BCUT2D eigenvalue weighted by atomic mass is 9.82. The zero-order valence-corrected chi connectivity index (χ0v) is 16.9. The number of carbonyl (C=O) groups excluding carboxylic acids is 1. The molecule has 0 aromatic heterocycles. The van der Waals surface area contributed by atoms with E-state index in [9.17, 15) is 18.0 Å². The van der Waals surface area contributed by atoms with Crippen molar-refractivity contribution in [3.05, 3.63) is 59.2 Å². The van der Waals surface area contributed by atoms with E-state index in [0.717, 1.165) is 37.3 Å². The normalized spacial score (nSPS) is 16.0. The van der Waals surface area contributed by atoms with Crippen LogP contribution in [-0.2, 0) is 15.7 Å². The molecular weight excluding hydrogens is 377 g/mol. The number of halogens is 3. The highest BCUT2D eigenvalue weighted by Crippen LogP contribution is 2.44. The highest BCUT2D eigenvalue weighted by molar-refractivity contribution is 5.84. The predicted molar refractivity (Wildman–Crippen MR) is 108 cm³/mol. The zero-order valence-electron chi connectivity index (χ0n) is 16.9. The van der Waals surface area contributed by atoms with Crippen LogP contribution in [0.25, 0.3) is 11.1 Å². The van der Waals surface area contributed by atoms with Crippen molar-refractivity contribution in [3.8, 4) is 11.1 Å². The second-order valence-electron chi connectivity index (χ2n) is 7.82. The van der Waals surface area contributed by atoms with Gasteiger partial charge in [0.05, 0.1) is 18.1 Å². The summed E-state index contributed by atoms with van der Waals surface area (Å²) in [5, 5.41) is 0. The summed E-state index contributed by atoms with van der Waals surface area (Å²) in [4.78, 5) is 12.8. The lowest BCUT2D eigenvalue weighted by Gasteiger charge is -2.24. The Morgan fingerprint density at radius 2 is 1.76 bits per heavy atom. The molecule has 0 heterocycles. The highest BCUT2D eigenvalue weighted by atomic mass is 19.4. The Kier molecular flexibility index (Phi) is 6.66. The molecule has 1 atom stereocenters. The molecule has 156 valence electrons. The largest absolute Gasteiger partial charge is 0.466 e. The van der Waals surface area contributed by atoms with Crippen LogP contribution in [0.3, 0.4) is 0 Å². The van der Waals surface area contributed by atoms with Crippen LogP contribution in [0.15, 0.2) is 42.5 Å². The third-order valence-electron chi connectivity index (χ3n) is 5.73. The van der Waals surface area contributed by atoms with Crippen LogP contribution in [0, 0.1) is 12.8 Å². The predicted octanol–water partition coefficient (Wildman–Crippen LogP) is 6.91. The number of hydrogen-bond donors (Lipinski definition) is 0. The SMILES string of the molecule is CCOC(=O)C(CC1CCCC1)c1cccc(C(F)(F)F)c1-c1ccc(C)cc1. The first kappa shape index (κ1) is 21.4. The van der Waals surface area contributed by atoms with Crippen molar-refractivity contribution in [3.63, 3.8) is 0 Å². The molecule has 29 heavy (non-hydrogen) atoms. The van der Waals surface area contributed by atoms with E-state index in [1.54, 1.807) is 37.3 Å². The zero-order chi connectivity index (χ0) is 21.0. The van der Waals surface area contributed by atoms with Crippen LogP contribution in [0.2, 0.25) is 0 Å². The van der Waals surface area contributed by atoms with Crippen LogP contribution >= 0.6 is 0 Å². The molecule has 0 aliphatic heterocycles. The molecule has 1 aliphatic rings. The first-order valence-corrected chi connectivity index (χ1v) is 10.2. The molecular formula is C24H27F3O2. The maximum absolute atomic E-state index is 13.9. The standard InChI is InChI=1S/C24H27F3O2/c1-3-29-23(28)20(15-17-7-4-5-8-17)19-9-6-10-21(24(25,26)27)22(19)18-13-11-16(2)12-14-18/h6,9-14,17,20H,3-5,7-8,15H2,1-2H3. The Labute approximate surface area is 170 Å². The average molecular weight is 404 g/mol. The molecule has 0 N–H and O–H groups in total. The van der Waals surface area contributed by atoms with Crippen LogP contribution in [-0.4, -0.2) is 12.6 Å². The maximum atomic E-state index is 13.9. The van der Waals surface area contributed by atoms with Crippen LogP contribution in [0.5, 0.6) is 0 Å². The number of alkyl halides is 3. The Morgan fingerprint density at radius 1 is 1.10 bits per heavy atom. The van der Waals surface area contributed by atoms with Crippen molar-refractivity contribution in [2.24, 2.45) is 5.92 Å². The molecule has 2 aromatic rings. The number of rotatable bonds is 6. The number of hydrogen-bond acceptors (Lipinski definition) is 2. The average Bonchev–Trinajstić information content (AvgIpc) is 3.19. The fraction of sp³-hybridized carbons (Fsp3) is 0.458. The molecule has 0 saturated heterocycles. The molecule has 1 unspecified atom stereocenters. The van der Waals surface area contributed by atoms with Gasteiger partial charge in [-0.2, -0.15) is 13.2 Å². The van der Waals surface area contributed by atoms with Crippen LogP contribution in [0.4, 0.5) is 13.2 Å². The molecule has 1 saturated carbocycles. The van der Waals surface area contributed by atoms with E-state index in [2.05, 4.69) is 0 Å². The molecule has 2 aromatic carbocycles. The Balaban J connectivity index is 2.15. The van der Waals surface area contributed by atoms with E-state index in [-0.39, 0.29) is 12.2 Å². The van der Waals surface area contributed by atoms with Gasteiger partial charge >= 0.3 is 12.1 Å². The Hall–Kier alpha value is -2.30. The molecule has 0 radical (unpaired) electrons. The Morgan fingerprint density at radius 3 is 2.34 bits per heavy atom. The second kappa shape index (κ2) is 9.02. The van der Waals surface area contributed by atoms with E-state index >= 15 is 0 Å². The molecule has 3 rings (SSSR count). The number of esters is 1. The lowest BCUT2D eigenvalue weighted by Crippen LogP contribution is -2.21. The number of benzene rings is 2. The number of carbonyl (C=O) groups is 1. The van der Waals surface area contributed by atoms with Crippen molar-refractivity contribution < 1.29 is 22.7 Å². The van der Waals surface area contributed by atoms with Gasteiger partial charge in [0.1, 0.15) is 0 Å². The quantitative estimate of drug-likeness (QED) is 0.489. The summed E-state index contributed by atoms with van der Waals surface area (Å²) in [6, 6.07) is 11.1. The van der Waals surface area contributed by atoms with E-state index < -0.39 is 23.6 Å². The van der Waals surface area contributed by atoms with Gasteiger partial charge in [-0.15, -0.1) is 0 Å². The minimum atomic E-state index is -4.51. The fourth-order valence-corrected chi connectivity index (χ4v) is 4.31. The van der Waals surface area contributed by atoms with Gasteiger partial charge in [-0.25, -0.2) is 0 Å². The van der Waals surface area contributed by atoms with Gasteiger partial charge in [-0.3, -0.25) is 4.79 Å². The molecule has 5 heteroatoms. The number of ether oxygens (including phenoxy) is 1. The fourth-order valence-electron chi connectivity index (χ4n) is 4.31. The molecule has 0 bridgehead atoms. The Bertz CT molecular complexity index is 834.